The molecule has 110 valence electrons. The lowest BCUT2D eigenvalue weighted by atomic mass is 10.3. The number of carbonyl (C=O) groups is 2. The van der Waals surface area contributed by atoms with Crippen molar-refractivity contribution in [2.75, 3.05) is 26.1 Å². The van der Waals surface area contributed by atoms with Crippen LogP contribution in [-0.2, 0) is 23.8 Å². The largest absolute Gasteiger partial charge is 0.480 e. The zero-order chi connectivity index (χ0) is 14.8. The monoisotopic (exact) mass is 311 g/mol. The number of hydrogen-bond acceptors (Lipinski definition) is 7. The summed E-state index contributed by atoms with van der Waals surface area (Å²) in [6, 6.07) is -0.979. The second-order valence-corrected chi connectivity index (χ2v) is 4.16. The van der Waals surface area contributed by atoms with Gasteiger partial charge in [-0.05, 0) is 19.1 Å². The number of rotatable bonds is 8. The van der Waals surface area contributed by atoms with Gasteiger partial charge in [0, 0.05) is 12.9 Å². The number of thiocarbonyl (C=S) groups is 1. The zero-order valence-electron chi connectivity index (χ0n) is 10.6. The standard InChI is InChI=1S/C10H17NO6S2/c1-6(9(14)16-4-3-15-2)17-10(19)11-7(5-18)8(12)13/h6-7,18H,3-5H2,1-2H3,(H,11,19)(H,12,13). The predicted octanol–water partition coefficient (Wildman–Crippen LogP) is -0.161. The van der Waals surface area contributed by atoms with Gasteiger partial charge in [-0.15, -0.1) is 0 Å². The Morgan fingerprint density at radius 1 is 1.42 bits per heavy atom. The van der Waals surface area contributed by atoms with Crippen molar-refractivity contribution in [1.82, 2.24) is 5.32 Å². The Kier molecular flexibility index (Phi) is 9.27. The summed E-state index contributed by atoms with van der Waals surface area (Å²) >= 11 is 8.64. The average molecular weight is 311 g/mol. The van der Waals surface area contributed by atoms with E-state index in [9.17, 15) is 9.59 Å². The quantitative estimate of drug-likeness (QED) is 0.246. The number of carboxylic acid groups (broad SMARTS) is 1. The fraction of sp³-hybridized carbons (Fsp3) is 0.700. The van der Waals surface area contributed by atoms with Crippen LogP contribution in [0.1, 0.15) is 6.92 Å². The van der Waals surface area contributed by atoms with E-state index in [4.69, 9.17) is 31.5 Å². The maximum absolute atomic E-state index is 11.4. The molecule has 0 aromatic carbocycles. The van der Waals surface area contributed by atoms with Gasteiger partial charge in [0.15, 0.2) is 6.10 Å². The number of methoxy groups -OCH3 is 1. The smallest absolute Gasteiger partial charge is 0.347 e. The number of aliphatic carboxylic acids is 1. The number of nitrogens with one attached hydrogen (secondary N) is 1. The predicted molar refractivity (Wildman–Crippen MR) is 74.4 cm³/mol. The van der Waals surface area contributed by atoms with Crippen LogP contribution in [0, 0.1) is 0 Å². The van der Waals surface area contributed by atoms with Crippen LogP contribution in [0.4, 0.5) is 0 Å². The molecule has 0 saturated carbocycles. The number of carbonyl (C=O) groups excluding carboxylic acids is 1. The molecule has 0 amide bonds. The Labute approximate surface area is 122 Å². The van der Waals surface area contributed by atoms with Crippen LogP contribution < -0.4 is 5.32 Å². The SMILES string of the molecule is COCCOC(=O)C(C)OC(=S)NC(CS)C(=O)O. The highest BCUT2D eigenvalue weighted by Crippen LogP contribution is 1.98. The maximum atomic E-state index is 11.4. The summed E-state index contributed by atoms with van der Waals surface area (Å²) in [6.45, 7) is 1.83. The van der Waals surface area contributed by atoms with E-state index in [1.807, 2.05) is 0 Å². The van der Waals surface area contributed by atoms with E-state index in [0.29, 0.717) is 0 Å². The summed E-state index contributed by atoms with van der Waals surface area (Å²) < 4.78 is 14.6. The highest BCUT2D eigenvalue weighted by atomic mass is 32.1. The molecule has 7 nitrogen and oxygen atoms in total. The molecule has 0 saturated heterocycles. The Bertz CT molecular complexity index is 325. The van der Waals surface area contributed by atoms with Gasteiger partial charge in [0.05, 0.1) is 6.61 Å². The van der Waals surface area contributed by atoms with E-state index in [0.717, 1.165) is 0 Å². The summed E-state index contributed by atoms with van der Waals surface area (Å²) in [5.74, 6) is -1.69. The molecule has 0 rings (SSSR count). The molecular weight excluding hydrogens is 294 g/mol. The molecule has 2 atom stereocenters. The first-order chi connectivity index (χ1) is 8.92. The van der Waals surface area contributed by atoms with Crippen LogP contribution >= 0.6 is 24.8 Å². The van der Waals surface area contributed by atoms with Crippen LogP contribution in [-0.4, -0.2) is 60.4 Å². The van der Waals surface area contributed by atoms with Crippen molar-refractivity contribution in [3.05, 3.63) is 0 Å². The van der Waals surface area contributed by atoms with Crippen molar-refractivity contribution < 1.29 is 28.9 Å². The van der Waals surface area contributed by atoms with Crippen molar-refractivity contribution in [2.24, 2.45) is 0 Å². The molecule has 2 unspecified atom stereocenters. The highest BCUT2D eigenvalue weighted by Gasteiger charge is 2.21. The lowest BCUT2D eigenvalue weighted by Crippen LogP contribution is -2.44. The summed E-state index contributed by atoms with van der Waals surface area (Å²) in [6.07, 6.45) is -0.939. The first-order valence-corrected chi connectivity index (χ1v) is 6.42. The van der Waals surface area contributed by atoms with Crippen LogP contribution in [0.3, 0.4) is 0 Å². The second-order valence-electron chi connectivity index (χ2n) is 3.43. The fourth-order valence-corrected chi connectivity index (χ4v) is 1.45. The number of thiol groups is 1. The van der Waals surface area contributed by atoms with Crippen molar-refractivity contribution in [3.63, 3.8) is 0 Å². The molecule has 0 radical (unpaired) electrons. The lowest BCUT2D eigenvalue weighted by molar-refractivity contribution is -0.152. The Hall–Kier alpha value is -1.06. The molecule has 0 spiro atoms. The van der Waals surface area contributed by atoms with E-state index in [-0.39, 0.29) is 24.1 Å². The van der Waals surface area contributed by atoms with Gasteiger partial charge in [0.1, 0.15) is 12.6 Å². The van der Waals surface area contributed by atoms with Crippen molar-refractivity contribution >= 4 is 42.0 Å². The van der Waals surface area contributed by atoms with Gasteiger partial charge in [-0.2, -0.15) is 12.6 Å². The molecule has 19 heavy (non-hydrogen) atoms. The molecule has 0 aliphatic rings. The molecule has 2 N–H and O–H groups in total. The van der Waals surface area contributed by atoms with Crippen molar-refractivity contribution in [2.45, 2.75) is 19.1 Å². The van der Waals surface area contributed by atoms with Crippen LogP contribution in [0.5, 0.6) is 0 Å². The first kappa shape index (κ1) is 17.9. The Morgan fingerprint density at radius 3 is 2.53 bits per heavy atom. The number of hydrogen-bond donors (Lipinski definition) is 3. The normalized spacial score (nSPS) is 13.2. The van der Waals surface area contributed by atoms with E-state index in [1.165, 1.54) is 14.0 Å². The zero-order valence-corrected chi connectivity index (χ0v) is 12.3. The van der Waals surface area contributed by atoms with Crippen molar-refractivity contribution in [1.29, 1.82) is 0 Å². The number of ether oxygens (including phenoxy) is 3. The molecular formula is C10H17NO6S2. The third-order valence-electron chi connectivity index (χ3n) is 1.92. The fourth-order valence-electron chi connectivity index (χ4n) is 0.913. The van der Waals surface area contributed by atoms with E-state index >= 15 is 0 Å². The molecule has 9 heteroatoms. The van der Waals surface area contributed by atoms with Gasteiger partial charge in [-0.25, -0.2) is 9.59 Å². The second kappa shape index (κ2) is 9.82. The lowest BCUT2D eigenvalue weighted by Gasteiger charge is -2.18. The molecule has 0 heterocycles. The Balaban J connectivity index is 4.10. The van der Waals surface area contributed by atoms with Gasteiger partial charge >= 0.3 is 11.9 Å². The van der Waals surface area contributed by atoms with Gasteiger partial charge in [-0.1, -0.05) is 0 Å². The Morgan fingerprint density at radius 2 is 2.05 bits per heavy atom. The number of carboxylic acids is 1. The molecule has 0 aromatic heterocycles. The summed E-state index contributed by atoms with van der Waals surface area (Å²) in [4.78, 5) is 22.1. The average Bonchev–Trinajstić information content (AvgIpc) is 2.35. The van der Waals surface area contributed by atoms with Crippen LogP contribution in [0.25, 0.3) is 0 Å². The van der Waals surface area contributed by atoms with E-state index in [1.54, 1.807) is 0 Å². The minimum absolute atomic E-state index is 0.0332. The molecule has 0 aromatic rings. The minimum Gasteiger partial charge on any atom is -0.480 e. The molecule has 0 bridgehead atoms. The summed E-state index contributed by atoms with van der Waals surface area (Å²) in [7, 11) is 1.48. The van der Waals surface area contributed by atoms with E-state index in [2.05, 4.69) is 17.9 Å². The van der Waals surface area contributed by atoms with Gasteiger partial charge in [-0.3, -0.25) is 0 Å². The molecule has 0 aliphatic carbocycles. The topological polar surface area (TPSA) is 94.1 Å². The third-order valence-corrected chi connectivity index (χ3v) is 2.50. The van der Waals surface area contributed by atoms with Crippen LogP contribution in [0.2, 0.25) is 0 Å². The maximum Gasteiger partial charge on any atom is 0.347 e. The molecule has 0 aliphatic heterocycles. The van der Waals surface area contributed by atoms with Gasteiger partial charge < -0.3 is 24.6 Å². The van der Waals surface area contributed by atoms with E-state index < -0.39 is 24.1 Å². The molecule has 0 fully saturated rings. The minimum atomic E-state index is -1.11. The number of esters is 1. The third kappa shape index (κ3) is 7.85. The van der Waals surface area contributed by atoms with Gasteiger partial charge in [0.25, 0.3) is 5.17 Å². The van der Waals surface area contributed by atoms with Crippen molar-refractivity contribution in [3.8, 4) is 0 Å². The summed E-state index contributed by atoms with van der Waals surface area (Å²) in [5, 5.41) is 11.0. The van der Waals surface area contributed by atoms with Crippen LogP contribution in [0.15, 0.2) is 0 Å². The first-order valence-electron chi connectivity index (χ1n) is 5.38. The highest BCUT2D eigenvalue weighted by molar-refractivity contribution is 7.80. The van der Waals surface area contributed by atoms with Gasteiger partial charge in [0.2, 0.25) is 0 Å². The summed E-state index contributed by atoms with van der Waals surface area (Å²) in [5.41, 5.74) is 0.